The van der Waals surface area contributed by atoms with E-state index < -0.39 is 5.97 Å². The molecule has 2 aromatic carbocycles. The van der Waals surface area contributed by atoms with Gasteiger partial charge < -0.3 is 10.4 Å². The first-order valence-corrected chi connectivity index (χ1v) is 6.31. The van der Waals surface area contributed by atoms with Crippen molar-refractivity contribution in [3.05, 3.63) is 64.7 Å². The van der Waals surface area contributed by atoms with E-state index in [2.05, 4.69) is 5.32 Å². The number of para-hydroxylation sites is 1. The Bertz CT molecular complexity index is 655. The van der Waals surface area contributed by atoms with E-state index in [1.165, 1.54) is 6.07 Å². The highest BCUT2D eigenvalue weighted by atomic mass is 35.5. The minimum Gasteiger partial charge on any atom is -0.478 e. The molecule has 0 unspecified atom stereocenters. The molecule has 0 aliphatic heterocycles. The summed E-state index contributed by atoms with van der Waals surface area (Å²) >= 11 is 5.98. The molecule has 0 fully saturated rings. The number of carboxylic acids is 1. The Morgan fingerprint density at radius 3 is 2.40 bits per heavy atom. The van der Waals surface area contributed by atoms with Crippen LogP contribution in [0.25, 0.3) is 0 Å². The van der Waals surface area contributed by atoms with E-state index in [0.29, 0.717) is 10.6 Å². The molecule has 2 N–H and O–H groups in total. The van der Waals surface area contributed by atoms with Crippen molar-refractivity contribution >= 4 is 29.2 Å². The largest absolute Gasteiger partial charge is 0.478 e. The molecule has 2 aromatic rings. The number of carboxylic acid groups (broad SMARTS) is 1. The zero-order valence-corrected chi connectivity index (χ0v) is 11.2. The van der Waals surface area contributed by atoms with E-state index in [4.69, 9.17) is 16.7 Å². The van der Waals surface area contributed by atoms with Crippen molar-refractivity contribution < 1.29 is 14.7 Å². The average molecular weight is 290 g/mol. The summed E-state index contributed by atoms with van der Waals surface area (Å²) in [7, 11) is 0. The van der Waals surface area contributed by atoms with Gasteiger partial charge in [0.05, 0.1) is 17.7 Å². The minimum atomic E-state index is -1.08. The van der Waals surface area contributed by atoms with Crippen LogP contribution in [-0.2, 0) is 11.2 Å². The van der Waals surface area contributed by atoms with Gasteiger partial charge in [-0.25, -0.2) is 4.79 Å². The fraction of sp³-hybridized carbons (Fsp3) is 0.0667. The highest BCUT2D eigenvalue weighted by Crippen LogP contribution is 2.18. The fourth-order valence-electron chi connectivity index (χ4n) is 1.79. The average Bonchev–Trinajstić information content (AvgIpc) is 2.41. The zero-order chi connectivity index (χ0) is 14.5. The molecule has 4 nitrogen and oxygen atoms in total. The van der Waals surface area contributed by atoms with E-state index in [-0.39, 0.29) is 23.6 Å². The zero-order valence-electron chi connectivity index (χ0n) is 10.5. The molecule has 0 aliphatic rings. The molecule has 0 aliphatic carbocycles. The number of hydrogen-bond acceptors (Lipinski definition) is 2. The van der Waals surface area contributed by atoms with Gasteiger partial charge in [-0.05, 0) is 23.8 Å². The molecule has 0 bridgehead atoms. The third-order valence-electron chi connectivity index (χ3n) is 2.74. The molecule has 2 rings (SSSR count). The van der Waals surface area contributed by atoms with Crippen LogP contribution in [0.5, 0.6) is 0 Å². The van der Waals surface area contributed by atoms with Gasteiger partial charge in [-0.3, -0.25) is 4.79 Å². The minimum absolute atomic E-state index is 0.0556. The van der Waals surface area contributed by atoms with E-state index in [0.717, 1.165) is 0 Å². The fourth-order valence-corrected chi connectivity index (χ4v) is 1.99. The second kappa shape index (κ2) is 6.21. The number of aromatic carboxylic acids is 1. The molecular weight excluding hydrogens is 278 g/mol. The van der Waals surface area contributed by atoms with Crippen molar-refractivity contribution in [1.82, 2.24) is 0 Å². The summed E-state index contributed by atoms with van der Waals surface area (Å²) in [4.78, 5) is 23.0. The van der Waals surface area contributed by atoms with Crippen LogP contribution >= 0.6 is 11.6 Å². The van der Waals surface area contributed by atoms with Crippen LogP contribution in [0.3, 0.4) is 0 Å². The number of benzene rings is 2. The molecule has 20 heavy (non-hydrogen) atoms. The number of carbonyl (C=O) groups is 2. The molecule has 0 heterocycles. The van der Waals surface area contributed by atoms with Gasteiger partial charge in [0.15, 0.2) is 0 Å². The Labute approximate surface area is 121 Å². The number of anilines is 1. The first kappa shape index (κ1) is 14.1. The number of halogens is 1. The van der Waals surface area contributed by atoms with Crippen LogP contribution in [0.2, 0.25) is 5.02 Å². The van der Waals surface area contributed by atoms with Crippen molar-refractivity contribution in [2.75, 3.05) is 5.32 Å². The Balaban J connectivity index is 2.13. The molecule has 5 heteroatoms. The second-order valence-corrected chi connectivity index (χ2v) is 4.57. The number of rotatable bonds is 4. The van der Waals surface area contributed by atoms with Gasteiger partial charge in [0.1, 0.15) is 0 Å². The number of amides is 1. The van der Waals surface area contributed by atoms with Crippen LogP contribution < -0.4 is 5.32 Å². The monoisotopic (exact) mass is 289 g/mol. The highest BCUT2D eigenvalue weighted by molar-refractivity contribution is 6.31. The van der Waals surface area contributed by atoms with E-state index >= 15 is 0 Å². The van der Waals surface area contributed by atoms with Gasteiger partial charge in [-0.1, -0.05) is 41.9 Å². The molecule has 0 radical (unpaired) electrons. The molecule has 102 valence electrons. The second-order valence-electron chi connectivity index (χ2n) is 4.17. The number of hydrogen-bond donors (Lipinski definition) is 2. The van der Waals surface area contributed by atoms with Gasteiger partial charge in [0, 0.05) is 5.02 Å². The maximum Gasteiger partial charge on any atom is 0.337 e. The normalized spacial score (nSPS) is 10.1. The molecular formula is C15H12ClNO3. The smallest absolute Gasteiger partial charge is 0.337 e. The summed E-state index contributed by atoms with van der Waals surface area (Å²) in [5, 5.41) is 12.1. The Morgan fingerprint density at radius 2 is 1.70 bits per heavy atom. The maximum absolute atomic E-state index is 11.9. The lowest BCUT2D eigenvalue weighted by Crippen LogP contribution is -2.16. The molecule has 0 spiro atoms. The topological polar surface area (TPSA) is 66.4 Å². The van der Waals surface area contributed by atoms with Gasteiger partial charge in [0.25, 0.3) is 0 Å². The number of carbonyl (C=O) groups excluding carboxylic acids is 1. The highest BCUT2D eigenvalue weighted by Gasteiger charge is 2.12. The van der Waals surface area contributed by atoms with Crippen molar-refractivity contribution in [2.24, 2.45) is 0 Å². The third-order valence-corrected chi connectivity index (χ3v) is 3.11. The molecule has 0 saturated heterocycles. The lowest BCUT2D eigenvalue weighted by molar-refractivity contribution is -0.115. The summed E-state index contributed by atoms with van der Waals surface area (Å²) in [6, 6.07) is 13.3. The summed E-state index contributed by atoms with van der Waals surface area (Å²) in [6.45, 7) is 0. The lowest BCUT2D eigenvalue weighted by atomic mass is 10.1. The molecule has 0 aromatic heterocycles. The van der Waals surface area contributed by atoms with Crippen molar-refractivity contribution in [2.45, 2.75) is 6.42 Å². The van der Waals surface area contributed by atoms with Gasteiger partial charge in [-0.15, -0.1) is 0 Å². The summed E-state index contributed by atoms with van der Waals surface area (Å²) in [5.41, 5.74) is 1.02. The van der Waals surface area contributed by atoms with Gasteiger partial charge in [-0.2, -0.15) is 0 Å². The van der Waals surface area contributed by atoms with Crippen molar-refractivity contribution in [3.8, 4) is 0 Å². The van der Waals surface area contributed by atoms with Crippen LogP contribution in [0.4, 0.5) is 5.69 Å². The van der Waals surface area contributed by atoms with Crippen molar-refractivity contribution in [1.29, 1.82) is 0 Å². The van der Waals surface area contributed by atoms with Crippen LogP contribution in [0.15, 0.2) is 48.5 Å². The molecule has 1 amide bonds. The SMILES string of the molecule is O=C(Cc1ccccc1Cl)Nc1ccccc1C(=O)O. The Hall–Kier alpha value is -2.33. The number of nitrogens with one attached hydrogen (secondary N) is 1. The first-order chi connectivity index (χ1) is 9.58. The van der Waals surface area contributed by atoms with Crippen LogP contribution in [0.1, 0.15) is 15.9 Å². The predicted molar refractivity (Wildman–Crippen MR) is 77.2 cm³/mol. The van der Waals surface area contributed by atoms with Gasteiger partial charge in [0.2, 0.25) is 5.91 Å². The van der Waals surface area contributed by atoms with Gasteiger partial charge >= 0.3 is 5.97 Å². The van der Waals surface area contributed by atoms with E-state index in [9.17, 15) is 9.59 Å². The molecule has 0 atom stereocenters. The lowest BCUT2D eigenvalue weighted by Gasteiger charge is -2.09. The third kappa shape index (κ3) is 3.36. The maximum atomic E-state index is 11.9. The summed E-state index contributed by atoms with van der Waals surface area (Å²) < 4.78 is 0. The summed E-state index contributed by atoms with van der Waals surface area (Å²) in [6.07, 6.45) is 0.0909. The summed E-state index contributed by atoms with van der Waals surface area (Å²) in [5.74, 6) is -1.40. The molecule has 0 saturated carbocycles. The Morgan fingerprint density at radius 1 is 1.05 bits per heavy atom. The van der Waals surface area contributed by atoms with Crippen LogP contribution in [-0.4, -0.2) is 17.0 Å². The van der Waals surface area contributed by atoms with E-state index in [1.54, 1.807) is 42.5 Å². The standard InChI is InChI=1S/C15H12ClNO3/c16-12-7-3-1-5-10(12)9-14(18)17-13-8-4-2-6-11(13)15(19)20/h1-8H,9H2,(H,17,18)(H,19,20). The quantitative estimate of drug-likeness (QED) is 0.908. The first-order valence-electron chi connectivity index (χ1n) is 5.93. The Kier molecular flexibility index (Phi) is 4.38. The van der Waals surface area contributed by atoms with Crippen molar-refractivity contribution in [3.63, 3.8) is 0 Å². The van der Waals surface area contributed by atoms with Crippen LogP contribution in [0, 0.1) is 0 Å². The predicted octanol–water partition coefficient (Wildman–Crippen LogP) is 3.22. The van der Waals surface area contributed by atoms with E-state index in [1.807, 2.05) is 0 Å².